The summed E-state index contributed by atoms with van der Waals surface area (Å²) in [5.41, 5.74) is 0. The van der Waals surface area contributed by atoms with Gasteiger partial charge in [-0.3, -0.25) is 19.2 Å². The summed E-state index contributed by atoms with van der Waals surface area (Å²) in [6.45, 7) is 0.387. The van der Waals surface area contributed by atoms with Crippen molar-refractivity contribution in [3.05, 3.63) is 0 Å². The lowest BCUT2D eigenvalue weighted by Gasteiger charge is -2.52. The molecular weight excluding hydrogens is 928 g/mol. The maximum atomic E-state index is 13.1. The van der Waals surface area contributed by atoms with Crippen molar-refractivity contribution >= 4 is 29.6 Å². The predicted octanol–water partition coefficient (Wildman–Crippen LogP) is -10.2. The molecule has 388 valence electrons. The van der Waals surface area contributed by atoms with Gasteiger partial charge < -0.3 is 125 Å². The molecule has 7 fully saturated rings. The molecule has 0 saturated carbocycles. The van der Waals surface area contributed by atoms with E-state index in [9.17, 15) is 80.1 Å². The summed E-state index contributed by atoms with van der Waals surface area (Å²) < 4.78 is 60.0. The molecule has 25 atom stereocenters. The van der Waals surface area contributed by atoms with Crippen molar-refractivity contribution in [3.63, 3.8) is 0 Å². The fourth-order valence-corrected chi connectivity index (χ4v) is 8.91. The van der Waals surface area contributed by atoms with Gasteiger partial charge in [0, 0.05) is 27.7 Å². The molecule has 0 aromatic heterocycles. The van der Waals surface area contributed by atoms with Crippen LogP contribution in [0.2, 0.25) is 0 Å². The first kappa shape index (κ1) is 53.9. The number of aliphatic hydroxyl groups is 10. The Hall–Kier alpha value is -3.45. The zero-order valence-electron chi connectivity index (χ0n) is 36.8. The van der Waals surface area contributed by atoms with E-state index in [1.165, 1.54) is 0 Å². The molecule has 68 heavy (non-hydrogen) atoms. The van der Waals surface area contributed by atoms with Crippen LogP contribution in [0.25, 0.3) is 0 Å². The average Bonchev–Trinajstić information content (AvgIpc) is 3.27. The molecule has 7 rings (SSSR count). The van der Waals surface area contributed by atoms with Crippen molar-refractivity contribution < 1.29 is 128 Å². The highest BCUT2D eigenvalue weighted by atomic mass is 16.8. The predicted molar refractivity (Wildman–Crippen MR) is 210 cm³/mol. The highest BCUT2D eigenvalue weighted by molar-refractivity contribution is 5.75. The van der Waals surface area contributed by atoms with E-state index in [0.717, 1.165) is 27.7 Å². The molecule has 0 unspecified atom stereocenters. The number of aliphatic carboxylic acids is 1. The van der Waals surface area contributed by atoms with Crippen molar-refractivity contribution in [3.8, 4) is 0 Å². The largest absolute Gasteiger partial charge is 0.479 e. The van der Waals surface area contributed by atoms with Crippen molar-refractivity contribution in [1.82, 2.24) is 21.3 Å². The van der Waals surface area contributed by atoms with Gasteiger partial charge in [-0.25, -0.2) is 4.79 Å². The van der Waals surface area contributed by atoms with Crippen LogP contribution in [0.4, 0.5) is 0 Å². The van der Waals surface area contributed by atoms with E-state index in [2.05, 4.69) is 21.3 Å². The van der Waals surface area contributed by atoms with Gasteiger partial charge in [-0.1, -0.05) is 0 Å². The molecule has 7 saturated heterocycles. The SMILES string of the molecule is CC(=O)N[C@H]1[C@@H]2O[C@@H]3[C@@H](NC(C)=O)[C@H](O[C@H]4[C@H](O)[C@@H](O)[C@H](O[C@H]5[C@@H](O)[C@@H](CO)O[C@@H](OC[C@@H](O2)[C@@H](O)[C@@H]1O)[C@@H]5NC(C)=O)O[C@@H]4C(=O)O)O[C@H](CO)[C@@H]3O[C@H]1O[C@H](CO)[C@@H](O)[C@H](O)[C@H]1NC(C)=O. The summed E-state index contributed by atoms with van der Waals surface area (Å²) in [4.78, 5) is 63.5. The van der Waals surface area contributed by atoms with Gasteiger partial charge in [0.15, 0.2) is 37.6 Å². The molecule has 7 heterocycles. The van der Waals surface area contributed by atoms with Crippen LogP contribution in [0.1, 0.15) is 27.7 Å². The molecule has 8 bridgehead atoms. The zero-order chi connectivity index (χ0) is 50.0. The Morgan fingerprint density at radius 2 is 0.956 bits per heavy atom. The van der Waals surface area contributed by atoms with Crippen molar-refractivity contribution in [2.24, 2.45) is 0 Å². The van der Waals surface area contributed by atoms with Crippen LogP contribution in [-0.4, -0.2) is 265 Å². The van der Waals surface area contributed by atoms with Crippen LogP contribution in [0.5, 0.6) is 0 Å². The first-order chi connectivity index (χ1) is 32.1. The summed E-state index contributed by atoms with van der Waals surface area (Å²) >= 11 is 0. The molecule has 0 aromatic carbocycles. The molecule has 30 heteroatoms. The third-order valence-corrected chi connectivity index (χ3v) is 12.1. The summed E-state index contributed by atoms with van der Waals surface area (Å²) in [7, 11) is 0. The molecule has 7 aliphatic heterocycles. The Morgan fingerprint density at radius 3 is 1.53 bits per heavy atom. The second-order valence-corrected chi connectivity index (χ2v) is 17.1. The van der Waals surface area contributed by atoms with Crippen LogP contribution in [-0.2, 0) is 71.3 Å². The summed E-state index contributed by atoms with van der Waals surface area (Å²) in [5, 5.41) is 131. The van der Waals surface area contributed by atoms with Crippen molar-refractivity contribution in [2.45, 2.75) is 181 Å². The second-order valence-electron chi connectivity index (χ2n) is 17.1. The number of ether oxygens (including phenoxy) is 10. The van der Waals surface area contributed by atoms with Gasteiger partial charge >= 0.3 is 5.97 Å². The van der Waals surface area contributed by atoms with Gasteiger partial charge in [-0.05, 0) is 0 Å². The maximum Gasteiger partial charge on any atom is 0.335 e. The topological polar surface area (TPSA) is 448 Å². The lowest BCUT2D eigenvalue weighted by atomic mass is 9.92. The normalized spacial score (nSPS) is 46.5. The highest BCUT2D eigenvalue weighted by Crippen LogP contribution is 2.38. The monoisotopic (exact) mass is 988 g/mol. The van der Waals surface area contributed by atoms with Gasteiger partial charge in [0.25, 0.3) is 0 Å². The van der Waals surface area contributed by atoms with Crippen LogP contribution >= 0.6 is 0 Å². The number of nitrogens with one attached hydrogen (secondary N) is 4. The van der Waals surface area contributed by atoms with E-state index in [-0.39, 0.29) is 0 Å². The number of carboxylic acid groups (broad SMARTS) is 1. The van der Waals surface area contributed by atoms with E-state index in [4.69, 9.17) is 47.4 Å². The lowest BCUT2D eigenvalue weighted by Crippen LogP contribution is -2.73. The number of hydrogen-bond donors (Lipinski definition) is 15. The third-order valence-electron chi connectivity index (χ3n) is 12.1. The number of carbonyl (C=O) groups is 5. The van der Waals surface area contributed by atoms with E-state index >= 15 is 0 Å². The van der Waals surface area contributed by atoms with Crippen molar-refractivity contribution in [2.75, 3.05) is 26.4 Å². The van der Waals surface area contributed by atoms with E-state index in [1.807, 2.05) is 0 Å². The molecule has 0 aliphatic carbocycles. The first-order valence-electron chi connectivity index (χ1n) is 21.5. The average molecular weight is 989 g/mol. The van der Waals surface area contributed by atoms with Crippen LogP contribution in [0.3, 0.4) is 0 Å². The number of carbonyl (C=O) groups excluding carboxylic acids is 4. The second kappa shape index (κ2) is 22.7. The minimum absolute atomic E-state index is 0.775. The number of fused-ring (bicyclic) bond motifs is 3. The maximum absolute atomic E-state index is 13.1. The molecule has 4 amide bonds. The summed E-state index contributed by atoms with van der Waals surface area (Å²) in [5.74, 6) is -5.12. The molecule has 0 spiro atoms. The smallest absolute Gasteiger partial charge is 0.335 e. The number of rotatable bonds is 10. The standard InChI is InChI=1S/C38H60N4O26/c1-9(46)39-17-24(53)21(50)13(5-43)61-35(17)64-28-15(7-45)62-37-20(42-12(4)49)30(28)66-36-18(40-10(2)47)25(54)22(51)16(63-36)8-59-34-19(41-11(3)48)29(23(52)14(6-44)60-34)65-38-27(56)26(55)31(67-37)32(68-38)33(57)58/h13-32,34-38,43-45,50-56H,5-8H2,1-4H3,(H,39,46)(H,40,47)(H,41,48)(H,42,49)(H,57,58)/t13-,14-,15-,16-,17-,18-,19-,20-,21-,22-,23+,24-,25-,26-,27-,28+,29-,30-,31+,32+,34-,35-,36+,37+,38-/m1/s1. The Bertz CT molecular complexity index is 1770. The Kier molecular flexibility index (Phi) is 18.0. The number of aliphatic hydroxyl groups excluding tert-OH is 10. The Morgan fingerprint density at radius 1 is 0.471 bits per heavy atom. The lowest BCUT2D eigenvalue weighted by molar-refractivity contribution is -0.383. The van der Waals surface area contributed by atoms with Crippen LogP contribution in [0.15, 0.2) is 0 Å². The first-order valence-corrected chi connectivity index (χ1v) is 21.5. The Labute approximate surface area is 385 Å². The van der Waals surface area contributed by atoms with Gasteiger partial charge in [0.2, 0.25) is 23.6 Å². The minimum atomic E-state index is -2.33. The van der Waals surface area contributed by atoms with Crippen LogP contribution in [0, 0.1) is 0 Å². The number of hydrogen-bond acceptors (Lipinski definition) is 25. The van der Waals surface area contributed by atoms with Gasteiger partial charge in [0.05, 0.1) is 26.4 Å². The number of carboxylic acids is 1. The molecule has 30 nitrogen and oxygen atoms in total. The summed E-state index contributed by atoms with van der Waals surface area (Å²) in [6.07, 6.45) is -40.8. The zero-order valence-corrected chi connectivity index (χ0v) is 36.8. The third kappa shape index (κ3) is 11.5. The fraction of sp³-hybridized carbons (Fsp3) is 0.868. The van der Waals surface area contributed by atoms with E-state index in [0.29, 0.717) is 0 Å². The molecular formula is C38H60N4O26. The van der Waals surface area contributed by atoms with Gasteiger partial charge in [0.1, 0.15) is 116 Å². The Balaban J connectivity index is 1.51. The molecule has 7 aliphatic rings. The van der Waals surface area contributed by atoms with E-state index < -0.39 is 209 Å². The van der Waals surface area contributed by atoms with Gasteiger partial charge in [-0.2, -0.15) is 0 Å². The fourth-order valence-electron chi connectivity index (χ4n) is 8.91. The quantitative estimate of drug-likeness (QED) is 0.0966. The number of amides is 4. The highest BCUT2D eigenvalue weighted by Gasteiger charge is 2.59. The van der Waals surface area contributed by atoms with Crippen molar-refractivity contribution in [1.29, 1.82) is 0 Å². The molecule has 0 aromatic rings. The van der Waals surface area contributed by atoms with E-state index in [1.54, 1.807) is 0 Å². The minimum Gasteiger partial charge on any atom is -0.479 e. The van der Waals surface area contributed by atoms with Gasteiger partial charge in [-0.15, -0.1) is 0 Å². The van der Waals surface area contributed by atoms with Crippen LogP contribution < -0.4 is 21.3 Å². The molecule has 15 N–H and O–H groups in total. The summed E-state index contributed by atoms with van der Waals surface area (Å²) in [6, 6.07) is -6.86. The molecule has 0 radical (unpaired) electrons.